The zero-order chi connectivity index (χ0) is 19.9. The standard InChI is InChI=1S/C22H23NO4S/c1-15-18-9-8-16(26-2)14-20(18)27-22(25)19(15)10-11-21(24)23-12-13-28-17-6-4-3-5-7-17/h3-9,14H,10-13H2,1-2H3,(H,23,24). The number of fused-ring (bicyclic) bond motifs is 1. The Morgan fingerprint density at radius 3 is 2.71 bits per heavy atom. The normalized spacial score (nSPS) is 10.8. The molecule has 5 nitrogen and oxygen atoms in total. The quantitative estimate of drug-likeness (QED) is 0.354. The van der Waals surface area contributed by atoms with Crippen molar-refractivity contribution in [2.24, 2.45) is 0 Å². The van der Waals surface area contributed by atoms with E-state index in [1.807, 2.05) is 49.4 Å². The lowest BCUT2D eigenvalue weighted by Crippen LogP contribution is -2.26. The summed E-state index contributed by atoms with van der Waals surface area (Å²) in [5, 5.41) is 3.76. The van der Waals surface area contributed by atoms with Gasteiger partial charge in [0.05, 0.1) is 7.11 Å². The van der Waals surface area contributed by atoms with Gasteiger partial charge in [0.1, 0.15) is 11.3 Å². The monoisotopic (exact) mass is 397 g/mol. The molecule has 6 heteroatoms. The largest absolute Gasteiger partial charge is 0.497 e. The molecule has 1 N–H and O–H groups in total. The van der Waals surface area contributed by atoms with E-state index in [0.29, 0.717) is 29.9 Å². The molecule has 0 radical (unpaired) electrons. The molecular weight excluding hydrogens is 374 g/mol. The van der Waals surface area contributed by atoms with Gasteiger partial charge in [0.2, 0.25) is 5.91 Å². The van der Waals surface area contributed by atoms with Gasteiger partial charge in [-0.3, -0.25) is 4.79 Å². The van der Waals surface area contributed by atoms with Gasteiger partial charge in [0, 0.05) is 40.6 Å². The number of thioether (sulfide) groups is 1. The van der Waals surface area contributed by atoms with Gasteiger partial charge < -0.3 is 14.5 Å². The number of amides is 1. The molecule has 3 aromatic rings. The predicted octanol–water partition coefficient (Wildman–Crippen LogP) is 3.95. The maximum absolute atomic E-state index is 12.3. The molecule has 2 aromatic carbocycles. The SMILES string of the molecule is COc1ccc2c(C)c(CCC(=O)NCCSc3ccccc3)c(=O)oc2c1. The van der Waals surface area contributed by atoms with E-state index < -0.39 is 5.63 Å². The molecule has 1 heterocycles. The van der Waals surface area contributed by atoms with Crippen molar-refractivity contribution in [3.05, 3.63) is 70.1 Å². The van der Waals surface area contributed by atoms with Gasteiger partial charge in [-0.05, 0) is 43.2 Å². The summed E-state index contributed by atoms with van der Waals surface area (Å²) in [5.74, 6) is 1.37. The van der Waals surface area contributed by atoms with Crippen LogP contribution in [0.5, 0.6) is 5.75 Å². The third-order valence-corrected chi connectivity index (χ3v) is 5.55. The van der Waals surface area contributed by atoms with Crippen molar-refractivity contribution in [2.45, 2.75) is 24.7 Å². The molecular formula is C22H23NO4S. The Hall–Kier alpha value is -2.73. The Morgan fingerprint density at radius 2 is 1.96 bits per heavy atom. The van der Waals surface area contributed by atoms with Crippen molar-refractivity contribution < 1.29 is 13.9 Å². The van der Waals surface area contributed by atoms with E-state index in [9.17, 15) is 9.59 Å². The second-order valence-corrected chi connectivity index (χ2v) is 7.53. The van der Waals surface area contributed by atoms with Gasteiger partial charge >= 0.3 is 5.63 Å². The van der Waals surface area contributed by atoms with E-state index in [1.54, 1.807) is 24.9 Å². The zero-order valence-electron chi connectivity index (χ0n) is 16.0. The molecule has 0 atom stereocenters. The Labute approximate surface area is 168 Å². The minimum absolute atomic E-state index is 0.0673. The minimum atomic E-state index is -0.398. The Morgan fingerprint density at radius 1 is 1.18 bits per heavy atom. The second kappa shape index (κ2) is 9.46. The molecule has 1 aromatic heterocycles. The highest BCUT2D eigenvalue weighted by Crippen LogP contribution is 2.24. The molecule has 0 fully saturated rings. The molecule has 3 rings (SSSR count). The van der Waals surface area contributed by atoms with E-state index in [0.717, 1.165) is 16.7 Å². The fourth-order valence-electron chi connectivity index (χ4n) is 2.99. The summed E-state index contributed by atoms with van der Waals surface area (Å²) in [6.07, 6.45) is 0.608. The van der Waals surface area contributed by atoms with Crippen molar-refractivity contribution in [1.82, 2.24) is 5.32 Å². The highest BCUT2D eigenvalue weighted by Gasteiger charge is 2.13. The molecule has 0 aliphatic heterocycles. The smallest absolute Gasteiger partial charge is 0.339 e. The predicted molar refractivity (Wildman–Crippen MR) is 112 cm³/mol. The van der Waals surface area contributed by atoms with Crippen LogP contribution in [0.25, 0.3) is 11.0 Å². The molecule has 0 saturated heterocycles. The summed E-state index contributed by atoms with van der Waals surface area (Å²) in [5.41, 5.74) is 1.49. The Balaban J connectivity index is 1.55. The fraction of sp³-hybridized carbons (Fsp3) is 0.273. The van der Waals surface area contributed by atoms with Crippen molar-refractivity contribution in [3.63, 3.8) is 0 Å². The van der Waals surface area contributed by atoms with Crippen molar-refractivity contribution in [2.75, 3.05) is 19.4 Å². The summed E-state index contributed by atoms with van der Waals surface area (Å²) < 4.78 is 10.6. The van der Waals surface area contributed by atoms with Crippen LogP contribution in [-0.4, -0.2) is 25.3 Å². The number of ether oxygens (including phenoxy) is 1. The van der Waals surface area contributed by atoms with Crippen LogP contribution in [0.3, 0.4) is 0 Å². The molecule has 0 bridgehead atoms. The van der Waals surface area contributed by atoms with Crippen LogP contribution in [0.15, 0.2) is 62.6 Å². The number of hydrogen-bond donors (Lipinski definition) is 1. The molecule has 0 aliphatic carbocycles. The first-order chi connectivity index (χ1) is 13.6. The molecule has 0 saturated carbocycles. The maximum Gasteiger partial charge on any atom is 0.339 e. The van der Waals surface area contributed by atoms with E-state index in [1.165, 1.54) is 4.90 Å². The highest BCUT2D eigenvalue weighted by atomic mass is 32.2. The van der Waals surface area contributed by atoms with Gasteiger partial charge in [0.15, 0.2) is 0 Å². The average molecular weight is 397 g/mol. The number of methoxy groups -OCH3 is 1. The molecule has 0 aliphatic rings. The lowest BCUT2D eigenvalue weighted by atomic mass is 10.0. The van der Waals surface area contributed by atoms with Crippen LogP contribution >= 0.6 is 11.8 Å². The second-order valence-electron chi connectivity index (χ2n) is 6.37. The van der Waals surface area contributed by atoms with E-state index in [-0.39, 0.29) is 12.3 Å². The Bertz CT molecular complexity index is 1010. The minimum Gasteiger partial charge on any atom is -0.497 e. The van der Waals surface area contributed by atoms with E-state index in [4.69, 9.17) is 9.15 Å². The summed E-state index contributed by atoms with van der Waals surface area (Å²) >= 11 is 1.70. The topological polar surface area (TPSA) is 68.5 Å². The van der Waals surface area contributed by atoms with Gasteiger partial charge in [-0.1, -0.05) is 18.2 Å². The lowest BCUT2D eigenvalue weighted by Gasteiger charge is -2.09. The van der Waals surface area contributed by atoms with Crippen molar-refractivity contribution in [3.8, 4) is 5.75 Å². The number of aryl methyl sites for hydroxylation is 1. The van der Waals surface area contributed by atoms with Gasteiger partial charge in [-0.2, -0.15) is 0 Å². The van der Waals surface area contributed by atoms with Crippen molar-refractivity contribution in [1.29, 1.82) is 0 Å². The lowest BCUT2D eigenvalue weighted by molar-refractivity contribution is -0.120. The van der Waals surface area contributed by atoms with Crippen molar-refractivity contribution >= 4 is 28.6 Å². The Kier molecular flexibility index (Phi) is 6.76. The van der Waals surface area contributed by atoms with Crippen LogP contribution in [0.4, 0.5) is 0 Å². The first-order valence-electron chi connectivity index (χ1n) is 9.13. The van der Waals surface area contributed by atoms with Crippen LogP contribution in [0.2, 0.25) is 0 Å². The first kappa shape index (κ1) is 20.0. The maximum atomic E-state index is 12.3. The number of benzene rings is 2. The molecule has 0 unspecified atom stereocenters. The summed E-state index contributed by atoms with van der Waals surface area (Å²) in [4.78, 5) is 25.6. The van der Waals surface area contributed by atoms with Gasteiger partial charge in [-0.15, -0.1) is 11.8 Å². The van der Waals surface area contributed by atoms with E-state index in [2.05, 4.69) is 5.32 Å². The first-order valence-corrected chi connectivity index (χ1v) is 10.1. The van der Waals surface area contributed by atoms with Crippen LogP contribution in [-0.2, 0) is 11.2 Å². The number of nitrogens with one attached hydrogen (secondary N) is 1. The third-order valence-electron chi connectivity index (χ3n) is 4.53. The number of hydrogen-bond acceptors (Lipinski definition) is 5. The van der Waals surface area contributed by atoms with Crippen LogP contribution in [0, 0.1) is 6.92 Å². The van der Waals surface area contributed by atoms with E-state index >= 15 is 0 Å². The average Bonchev–Trinajstić information content (AvgIpc) is 2.71. The van der Waals surface area contributed by atoms with Crippen LogP contribution < -0.4 is 15.7 Å². The van der Waals surface area contributed by atoms with Crippen LogP contribution in [0.1, 0.15) is 17.5 Å². The van der Waals surface area contributed by atoms with Gasteiger partial charge in [-0.25, -0.2) is 4.79 Å². The number of carbonyl (C=O) groups is 1. The molecule has 28 heavy (non-hydrogen) atoms. The molecule has 1 amide bonds. The zero-order valence-corrected chi connectivity index (χ0v) is 16.8. The summed E-state index contributed by atoms with van der Waals surface area (Å²) in [6.45, 7) is 2.47. The summed E-state index contributed by atoms with van der Waals surface area (Å²) in [7, 11) is 1.57. The highest BCUT2D eigenvalue weighted by molar-refractivity contribution is 7.99. The molecule has 0 spiro atoms. The summed E-state index contributed by atoms with van der Waals surface area (Å²) in [6, 6.07) is 15.5. The number of carbonyl (C=O) groups excluding carboxylic acids is 1. The third kappa shape index (κ3) is 4.95. The number of rotatable bonds is 8. The van der Waals surface area contributed by atoms with Gasteiger partial charge in [0.25, 0.3) is 0 Å². The fourth-order valence-corrected chi connectivity index (χ4v) is 3.78. The molecule has 146 valence electrons.